The lowest BCUT2D eigenvalue weighted by molar-refractivity contribution is 0.00279. The second-order valence-corrected chi connectivity index (χ2v) is 5.05. The number of amides is 1. The van der Waals surface area contributed by atoms with Gasteiger partial charge in [-0.05, 0) is 27.2 Å². The van der Waals surface area contributed by atoms with Crippen LogP contribution in [0.5, 0.6) is 0 Å². The van der Waals surface area contributed by atoms with E-state index in [4.69, 9.17) is 9.47 Å². The number of ether oxygens (including phenoxy) is 2. The summed E-state index contributed by atoms with van der Waals surface area (Å²) in [6.07, 6.45) is 0.639. The van der Waals surface area contributed by atoms with Crippen molar-refractivity contribution in [1.82, 2.24) is 4.90 Å². The Morgan fingerprint density at radius 3 is 2.75 bits per heavy atom. The van der Waals surface area contributed by atoms with Crippen LogP contribution in [-0.4, -0.2) is 48.2 Å². The quantitative estimate of drug-likeness (QED) is 0.679. The molecule has 1 amide bonds. The average molecular weight is 226 g/mol. The van der Waals surface area contributed by atoms with Crippen LogP contribution in [0.15, 0.2) is 4.99 Å². The molecular formula is C11H18N2O3. The lowest BCUT2D eigenvalue weighted by atomic mass is 10.0. The van der Waals surface area contributed by atoms with Crippen molar-refractivity contribution in [1.29, 1.82) is 0 Å². The van der Waals surface area contributed by atoms with E-state index in [9.17, 15) is 4.79 Å². The fraction of sp³-hybridized carbons (Fsp3) is 0.818. The summed E-state index contributed by atoms with van der Waals surface area (Å²) < 4.78 is 10.7. The molecule has 1 atom stereocenters. The Morgan fingerprint density at radius 2 is 2.31 bits per heavy atom. The molecule has 1 fully saturated rings. The summed E-state index contributed by atoms with van der Waals surface area (Å²) in [4.78, 5) is 17.7. The van der Waals surface area contributed by atoms with E-state index in [1.807, 2.05) is 20.8 Å². The Kier molecular flexibility index (Phi) is 2.78. The molecule has 2 heterocycles. The molecule has 5 nitrogen and oxygen atoms in total. The van der Waals surface area contributed by atoms with E-state index in [0.29, 0.717) is 19.0 Å². The molecule has 2 aliphatic rings. The van der Waals surface area contributed by atoms with Gasteiger partial charge in [-0.2, -0.15) is 0 Å². The number of hydrogen-bond acceptors (Lipinski definition) is 4. The van der Waals surface area contributed by atoms with Gasteiger partial charge in [0.1, 0.15) is 18.2 Å². The maximum atomic E-state index is 11.8. The molecule has 0 radical (unpaired) electrons. The number of aliphatic imine (C=N–C) groups is 1. The van der Waals surface area contributed by atoms with E-state index in [1.165, 1.54) is 0 Å². The SMILES string of the molecule is CC(C)(C)OC(=O)N1CCC1C1=NCCO1. The summed E-state index contributed by atoms with van der Waals surface area (Å²) in [5.74, 6) is 0.692. The van der Waals surface area contributed by atoms with Crippen LogP contribution < -0.4 is 0 Å². The van der Waals surface area contributed by atoms with Crippen LogP contribution in [0.4, 0.5) is 4.79 Å². The van der Waals surface area contributed by atoms with E-state index >= 15 is 0 Å². The normalized spacial score (nSPS) is 24.6. The molecule has 0 N–H and O–H groups in total. The molecule has 0 aromatic carbocycles. The molecule has 0 aromatic heterocycles. The van der Waals surface area contributed by atoms with Crippen LogP contribution in [0, 0.1) is 0 Å². The van der Waals surface area contributed by atoms with Crippen molar-refractivity contribution < 1.29 is 14.3 Å². The molecular weight excluding hydrogens is 208 g/mol. The third-order valence-corrected chi connectivity index (χ3v) is 2.54. The number of hydrogen-bond donors (Lipinski definition) is 0. The summed E-state index contributed by atoms with van der Waals surface area (Å²) in [7, 11) is 0. The molecule has 0 aliphatic carbocycles. The van der Waals surface area contributed by atoms with Gasteiger partial charge in [0.05, 0.1) is 6.54 Å². The smallest absolute Gasteiger partial charge is 0.410 e. The van der Waals surface area contributed by atoms with Gasteiger partial charge in [0.25, 0.3) is 0 Å². The molecule has 90 valence electrons. The molecule has 0 saturated carbocycles. The number of carbonyl (C=O) groups excluding carboxylic acids is 1. The van der Waals surface area contributed by atoms with Gasteiger partial charge < -0.3 is 9.47 Å². The van der Waals surface area contributed by atoms with Crippen molar-refractivity contribution in [2.45, 2.75) is 38.8 Å². The molecule has 1 unspecified atom stereocenters. The number of nitrogens with zero attached hydrogens (tertiary/aromatic N) is 2. The minimum atomic E-state index is -0.449. The zero-order chi connectivity index (χ0) is 11.8. The van der Waals surface area contributed by atoms with E-state index in [1.54, 1.807) is 4.90 Å². The van der Waals surface area contributed by atoms with Crippen LogP contribution >= 0.6 is 0 Å². The summed E-state index contributed by atoms with van der Waals surface area (Å²) in [5, 5.41) is 0. The zero-order valence-corrected chi connectivity index (χ0v) is 10.0. The van der Waals surface area contributed by atoms with Crippen LogP contribution in [-0.2, 0) is 9.47 Å². The van der Waals surface area contributed by atoms with Crippen molar-refractivity contribution >= 4 is 12.0 Å². The number of rotatable bonds is 1. The summed E-state index contributed by atoms with van der Waals surface area (Å²) in [5.41, 5.74) is -0.449. The highest BCUT2D eigenvalue weighted by molar-refractivity contribution is 5.88. The molecule has 1 saturated heterocycles. The lowest BCUT2D eigenvalue weighted by Crippen LogP contribution is -2.56. The van der Waals surface area contributed by atoms with Gasteiger partial charge in [-0.25, -0.2) is 4.79 Å². The van der Waals surface area contributed by atoms with Gasteiger partial charge in [-0.15, -0.1) is 0 Å². The van der Waals surface area contributed by atoms with Crippen LogP contribution in [0.25, 0.3) is 0 Å². The maximum Gasteiger partial charge on any atom is 0.410 e. The maximum absolute atomic E-state index is 11.8. The Balaban J connectivity index is 1.93. The van der Waals surface area contributed by atoms with Crippen molar-refractivity contribution in [3.8, 4) is 0 Å². The second-order valence-electron chi connectivity index (χ2n) is 5.05. The summed E-state index contributed by atoms with van der Waals surface area (Å²) in [6, 6.07) is -0.00245. The van der Waals surface area contributed by atoms with E-state index in [0.717, 1.165) is 13.0 Å². The van der Waals surface area contributed by atoms with Crippen LogP contribution in [0.2, 0.25) is 0 Å². The van der Waals surface area contributed by atoms with Crippen molar-refractivity contribution in [3.05, 3.63) is 0 Å². The monoisotopic (exact) mass is 226 g/mol. The van der Waals surface area contributed by atoms with Crippen molar-refractivity contribution in [2.24, 2.45) is 4.99 Å². The summed E-state index contributed by atoms with van der Waals surface area (Å²) >= 11 is 0. The summed E-state index contributed by atoms with van der Waals surface area (Å²) in [6.45, 7) is 7.65. The minimum Gasteiger partial charge on any atom is -0.478 e. The third kappa shape index (κ3) is 2.28. The van der Waals surface area contributed by atoms with E-state index in [-0.39, 0.29) is 12.1 Å². The number of carbonyl (C=O) groups is 1. The fourth-order valence-electron chi connectivity index (χ4n) is 1.74. The Hall–Kier alpha value is -1.26. The van der Waals surface area contributed by atoms with Crippen molar-refractivity contribution in [2.75, 3.05) is 19.7 Å². The predicted molar refractivity (Wildman–Crippen MR) is 59.6 cm³/mol. The fourth-order valence-corrected chi connectivity index (χ4v) is 1.74. The van der Waals surface area contributed by atoms with Crippen LogP contribution in [0.1, 0.15) is 27.2 Å². The third-order valence-electron chi connectivity index (χ3n) is 2.54. The molecule has 0 bridgehead atoms. The van der Waals surface area contributed by atoms with E-state index in [2.05, 4.69) is 4.99 Å². The second kappa shape index (κ2) is 3.96. The van der Waals surface area contributed by atoms with Crippen LogP contribution in [0.3, 0.4) is 0 Å². The van der Waals surface area contributed by atoms with Crippen molar-refractivity contribution in [3.63, 3.8) is 0 Å². The van der Waals surface area contributed by atoms with Gasteiger partial charge in [-0.3, -0.25) is 9.89 Å². The topological polar surface area (TPSA) is 51.1 Å². The molecule has 16 heavy (non-hydrogen) atoms. The highest BCUT2D eigenvalue weighted by Gasteiger charge is 2.40. The number of likely N-dealkylation sites (tertiary alicyclic amines) is 1. The standard InChI is InChI=1S/C11H18N2O3/c1-11(2,3)16-10(14)13-6-4-8(13)9-12-5-7-15-9/h8H,4-7H2,1-3H3. The Morgan fingerprint density at radius 1 is 1.56 bits per heavy atom. The van der Waals surface area contributed by atoms with Gasteiger partial charge in [-0.1, -0.05) is 0 Å². The minimum absolute atomic E-state index is 0.00245. The highest BCUT2D eigenvalue weighted by Crippen LogP contribution is 2.23. The van der Waals surface area contributed by atoms with Gasteiger partial charge >= 0.3 is 6.09 Å². The van der Waals surface area contributed by atoms with Gasteiger partial charge in [0.2, 0.25) is 5.90 Å². The molecule has 0 spiro atoms. The van der Waals surface area contributed by atoms with E-state index < -0.39 is 5.60 Å². The first-order valence-corrected chi connectivity index (χ1v) is 5.64. The highest BCUT2D eigenvalue weighted by atomic mass is 16.6. The first-order valence-electron chi connectivity index (χ1n) is 5.64. The predicted octanol–water partition coefficient (Wildman–Crippen LogP) is 1.42. The lowest BCUT2D eigenvalue weighted by Gasteiger charge is -2.40. The first kappa shape index (κ1) is 11.2. The largest absolute Gasteiger partial charge is 0.478 e. The molecule has 5 heteroatoms. The van der Waals surface area contributed by atoms with Gasteiger partial charge in [0, 0.05) is 6.54 Å². The van der Waals surface area contributed by atoms with Gasteiger partial charge in [0.15, 0.2) is 0 Å². The average Bonchev–Trinajstić information content (AvgIpc) is 2.50. The zero-order valence-electron chi connectivity index (χ0n) is 10.0. The first-order chi connectivity index (χ1) is 7.47. The molecule has 0 aromatic rings. The Bertz CT molecular complexity index is 320. The Labute approximate surface area is 95.4 Å². The molecule has 2 aliphatic heterocycles. The molecule has 2 rings (SSSR count).